The van der Waals surface area contributed by atoms with E-state index in [-0.39, 0.29) is 5.68 Å². The van der Waals surface area contributed by atoms with Crippen LogP contribution in [0.15, 0.2) is 0 Å². The van der Waals surface area contributed by atoms with Gasteiger partial charge in [0.25, 0.3) is 7.41 Å². The van der Waals surface area contributed by atoms with Crippen molar-refractivity contribution in [3.05, 3.63) is 0 Å². The molecule has 11 heavy (non-hydrogen) atoms. The molecule has 0 saturated heterocycles. The summed E-state index contributed by atoms with van der Waals surface area (Å²) in [4.78, 5) is 12.8. The first kappa shape index (κ1) is 10.7. The molecule has 0 aliphatic heterocycles. The molecule has 0 unspecified atom stereocenters. The second-order valence-electron chi connectivity index (χ2n) is 3.37. The second-order valence-corrected chi connectivity index (χ2v) is 3.37. The quantitative estimate of drug-likeness (QED) is 0.568. The van der Waals surface area contributed by atoms with Gasteiger partial charge in [0, 0.05) is 0 Å². The smallest absolute Gasteiger partial charge is 0.297 e. The van der Waals surface area contributed by atoms with Gasteiger partial charge in [0.1, 0.15) is 5.68 Å². The van der Waals surface area contributed by atoms with Gasteiger partial charge in [0.2, 0.25) is 0 Å². The molecule has 0 fully saturated rings. The molecular weight excluding hydrogens is 137 g/mol. The average molecular weight is 154 g/mol. The van der Waals surface area contributed by atoms with Gasteiger partial charge >= 0.3 is 0 Å². The van der Waals surface area contributed by atoms with Crippen molar-refractivity contribution in [1.82, 2.24) is 4.81 Å². The average Bonchev–Trinajstić information content (AvgIpc) is 1.81. The lowest BCUT2D eigenvalue weighted by Crippen LogP contribution is -2.42. The lowest BCUT2D eigenvalue weighted by atomic mass is 9.82. The Morgan fingerprint density at radius 2 is 1.55 bits per heavy atom. The maximum Gasteiger partial charge on any atom is 0.297 e. The van der Waals surface area contributed by atoms with Gasteiger partial charge in [-0.15, -0.1) is 0 Å². The van der Waals surface area contributed by atoms with Crippen molar-refractivity contribution < 1.29 is 4.79 Å². The van der Waals surface area contributed by atoms with Gasteiger partial charge in [-0.1, -0.05) is 27.7 Å². The number of hydrogen-bond donors (Lipinski definition) is 0. The Hall–Kier alpha value is -0.305. The molecule has 0 N–H and O–H groups in total. The predicted octanol–water partition coefficient (Wildman–Crippen LogP) is 1.27. The first-order valence-electron chi connectivity index (χ1n) is 4.08. The van der Waals surface area contributed by atoms with Crippen LogP contribution in [0.25, 0.3) is 0 Å². The minimum Gasteiger partial charge on any atom is -0.335 e. The maximum atomic E-state index is 10.8. The number of hydrogen-bond acceptors (Lipinski definition) is 2. The predicted molar refractivity (Wildman–Crippen MR) is 48.5 cm³/mol. The molecule has 0 amide bonds. The van der Waals surface area contributed by atoms with Crippen LogP contribution in [0.4, 0.5) is 0 Å². The Morgan fingerprint density at radius 1 is 1.18 bits per heavy atom. The van der Waals surface area contributed by atoms with Crippen LogP contribution in [0.3, 0.4) is 0 Å². The Balaban J connectivity index is 4.00. The lowest BCUT2D eigenvalue weighted by molar-refractivity contribution is -0.110. The summed E-state index contributed by atoms with van der Waals surface area (Å²) in [5.74, 6) is 0. The highest BCUT2D eigenvalue weighted by Crippen LogP contribution is 2.02. The van der Waals surface area contributed by atoms with E-state index in [0.29, 0.717) is 12.1 Å². The van der Waals surface area contributed by atoms with Crippen molar-refractivity contribution in [2.45, 2.75) is 46.7 Å². The highest BCUT2D eigenvalue weighted by atomic mass is 16.1. The molecule has 0 rings (SSSR count). The van der Waals surface area contributed by atoms with E-state index in [0.717, 1.165) is 0 Å². The minimum atomic E-state index is 0.118. The topological polar surface area (TPSA) is 20.3 Å². The Bertz CT molecular complexity index is 126. The fourth-order valence-electron chi connectivity index (χ4n) is 1.10. The van der Waals surface area contributed by atoms with E-state index in [1.807, 2.05) is 0 Å². The second kappa shape index (κ2) is 4.55. The zero-order valence-corrected chi connectivity index (χ0v) is 8.09. The molecular formula is C8H17BNO. The van der Waals surface area contributed by atoms with Crippen LogP contribution < -0.4 is 0 Å². The first-order valence-corrected chi connectivity index (χ1v) is 4.08. The van der Waals surface area contributed by atoms with E-state index < -0.39 is 0 Å². The Morgan fingerprint density at radius 3 is 1.64 bits per heavy atom. The summed E-state index contributed by atoms with van der Waals surface area (Å²) in [6.07, 6.45) is 0. The molecule has 0 atom stereocenters. The molecule has 0 spiro atoms. The number of carbonyl (C=O) groups is 1. The molecule has 0 bridgehead atoms. The monoisotopic (exact) mass is 154 g/mol. The molecule has 2 nitrogen and oxygen atoms in total. The van der Waals surface area contributed by atoms with E-state index in [1.54, 1.807) is 14.3 Å². The third kappa shape index (κ3) is 4.20. The third-order valence-corrected chi connectivity index (χ3v) is 1.52. The van der Waals surface area contributed by atoms with E-state index in [1.165, 1.54) is 0 Å². The van der Waals surface area contributed by atoms with Crippen LogP contribution in [0, 0.1) is 0 Å². The van der Waals surface area contributed by atoms with Crippen molar-refractivity contribution >= 4 is 13.1 Å². The molecule has 1 radical (unpaired) electrons. The zero-order chi connectivity index (χ0) is 9.02. The van der Waals surface area contributed by atoms with E-state index in [2.05, 4.69) is 32.5 Å². The van der Waals surface area contributed by atoms with Crippen molar-refractivity contribution in [3.63, 3.8) is 0 Å². The Labute approximate surface area is 70.2 Å². The molecule has 0 aromatic rings. The molecule has 0 aliphatic rings. The van der Waals surface area contributed by atoms with E-state index in [9.17, 15) is 4.79 Å². The van der Waals surface area contributed by atoms with Crippen LogP contribution in [-0.4, -0.2) is 30.0 Å². The first-order chi connectivity index (χ1) is 4.95. The highest BCUT2D eigenvalue weighted by molar-refractivity contribution is 6.71. The van der Waals surface area contributed by atoms with Crippen LogP contribution in [0.2, 0.25) is 0 Å². The SMILES string of the molecule is CC(=O)[B]N(C(C)C)C(C)C. The summed E-state index contributed by atoms with van der Waals surface area (Å²) in [6, 6.07) is 0.804. The summed E-state index contributed by atoms with van der Waals surface area (Å²) >= 11 is 0. The van der Waals surface area contributed by atoms with Gasteiger partial charge in [-0.3, -0.25) is 0 Å². The van der Waals surface area contributed by atoms with Gasteiger partial charge in [0.05, 0.1) is 0 Å². The highest BCUT2D eigenvalue weighted by Gasteiger charge is 2.16. The summed E-state index contributed by atoms with van der Waals surface area (Å²) in [5.41, 5.74) is 0.118. The van der Waals surface area contributed by atoms with Gasteiger partial charge in [-0.2, -0.15) is 0 Å². The van der Waals surface area contributed by atoms with Crippen LogP contribution in [-0.2, 0) is 4.79 Å². The van der Waals surface area contributed by atoms with Gasteiger partial charge < -0.3 is 9.61 Å². The lowest BCUT2D eigenvalue weighted by Gasteiger charge is -2.28. The van der Waals surface area contributed by atoms with Crippen molar-refractivity contribution in [2.24, 2.45) is 0 Å². The van der Waals surface area contributed by atoms with Crippen molar-refractivity contribution in [2.75, 3.05) is 0 Å². The number of nitrogens with zero attached hydrogens (tertiary/aromatic N) is 1. The van der Waals surface area contributed by atoms with Crippen molar-refractivity contribution in [3.8, 4) is 0 Å². The molecule has 0 aromatic carbocycles. The normalized spacial score (nSPS) is 11.3. The van der Waals surface area contributed by atoms with Crippen LogP contribution in [0.1, 0.15) is 34.6 Å². The summed E-state index contributed by atoms with van der Waals surface area (Å²) in [5, 5.41) is 0. The fourth-order valence-corrected chi connectivity index (χ4v) is 1.10. The van der Waals surface area contributed by atoms with Gasteiger partial charge in [-0.05, 0) is 19.0 Å². The van der Waals surface area contributed by atoms with Crippen molar-refractivity contribution in [1.29, 1.82) is 0 Å². The largest absolute Gasteiger partial charge is 0.335 e. The zero-order valence-electron chi connectivity index (χ0n) is 8.09. The maximum absolute atomic E-state index is 10.8. The third-order valence-electron chi connectivity index (χ3n) is 1.52. The summed E-state index contributed by atoms with van der Waals surface area (Å²) in [6.45, 7) is 9.91. The molecule has 0 saturated carbocycles. The molecule has 0 heterocycles. The van der Waals surface area contributed by atoms with Gasteiger partial charge in [-0.25, -0.2) is 0 Å². The van der Waals surface area contributed by atoms with Gasteiger partial charge in [0.15, 0.2) is 0 Å². The minimum absolute atomic E-state index is 0.118. The standard InChI is InChI=1S/C8H17BNO/c1-6(2)10(7(3)4)9-8(5)11/h6-7H,1-5H3. The fraction of sp³-hybridized carbons (Fsp3) is 0.875. The number of rotatable bonds is 4. The molecule has 63 valence electrons. The Kier molecular flexibility index (Phi) is 4.42. The molecule has 0 aliphatic carbocycles. The van der Waals surface area contributed by atoms with Crippen LogP contribution in [0.5, 0.6) is 0 Å². The van der Waals surface area contributed by atoms with E-state index >= 15 is 0 Å². The van der Waals surface area contributed by atoms with E-state index in [4.69, 9.17) is 0 Å². The number of carbonyl (C=O) groups excluding carboxylic acids is 1. The summed E-state index contributed by atoms with van der Waals surface area (Å²) in [7, 11) is 1.68. The molecule has 3 heteroatoms. The molecule has 0 aromatic heterocycles. The summed E-state index contributed by atoms with van der Waals surface area (Å²) < 4.78 is 0. The van der Waals surface area contributed by atoms with Crippen LogP contribution >= 0.6 is 0 Å².